The number of oxazole rings is 1. The van der Waals surface area contributed by atoms with E-state index in [4.69, 9.17) is 8.83 Å². The van der Waals surface area contributed by atoms with Gasteiger partial charge in [0, 0.05) is 18.5 Å². The minimum atomic E-state index is -0.412. The Morgan fingerprint density at radius 1 is 1.00 bits per heavy atom. The van der Waals surface area contributed by atoms with E-state index in [1.54, 1.807) is 42.5 Å². The highest BCUT2D eigenvalue weighted by Gasteiger charge is 2.20. The van der Waals surface area contributed by atoms with Gasteiger partial charge >= 0.3 is 0 Å². The Kier molecular flexibility index (Phi) is 6.94. The summed E-state index contributed by atoms with van der Waals surface area (Å²) < 4.78 is 24.9. The molecule has 0 aliphatic rings. The summed E-state index contributed by atoms with van der Waals surface area (Å²) in [6.07, 6.45) is 3.23. The number of rotatable bonds is 9. The molecule has 0 aliphatic carbocycles. The van der Waals surface area contributed by atoms with E-state index in [1.807, 2.05) is 18.2 Å². The summed E-state index contributed by atoms with van der Waals surface area (Å²) in [5.74, 6) is 0.178. The molecule has 0 radical (unpaired) electrons. The van der Waals surface area contributed by atoms with E-state index < -0.39 is 5.82 Å². The van der Waals surface area contributed by atoms with Crippen LogP contribution >= 0.6 is 0 Å². The third kappa shape index (κ3) is 5.94. The topological polar surface area (TPSA) is 88.6 Å². The second kappa shape index (κ2) is 10.4. The van der Waals surface area contributed by atoms with Gasteiger partial charge in [0.25, 0.3) is 0 Å². The molecular weight excluding hydrogens is 425 g/mol. The molecule has 2 aromatic carbocycles. The van der Waals surface area contributed by atoms with Crippen molar-refractivity contribution < 1.29 is 22.8 Å². The van der Waals surface area contributed by atoms with Crippen LogP contribution in [0.2, 0.25) is 0 Å². The summed E-state index contributed by atoms with van der Waals surface area (Å²) in [6, 6.07) is 18.7. The number of halogens is 1. The number of para-hydroxylation sites is 1. The Balaban J connectivity index is 1.40. The molecule has 1 N–H and O–H groups in total. The van der Waals surface area contributed by atoms with Crippen molar-refractivity contribution in [1.29, 1.82) is 0 Å². The van der Waals surface area contributed by atoms with Crippen LogP contribution in [0.3, 0.4) is 0 Å². The zero-order chi connectivity index (χ0) is 23.0. The molecule has 0 atom stereocenters. The molecule has 2 heterocycles. The summed E-state index contributed by atoms with van der Waals surface area (Å²) in [4.78, 5) is 31.0. The molecule has 0 aliphatic heterocycles. The monoisotopic (exact) mass is 447 g/mol. The minimum absolute atomic E-state index is 0.0660. The first-order valence-electron chi connectivity index (χ1n) is 10.4. The first kappa shape index (κ1) is 22.0. The lowest BCUT2D eigenvalue weighted by Gasteiger charge is -2.21. The highest BCUT2D eigenvalue weighted by Crippen LogP contribution is 2.23. The van der Waals surface area contributed by atoms with Crippen molar-refractivity contribution in [3.8, 4) is 11.3 Å². The number of furan rings is 1. The molecular formula is C25H22FN3O4. The van der Waals surface area contributed by atoms with Crippen LogP contribution in [0.5, 0.6) is 0 Å². The van der Waals surface area contributed by atoms with E-state index >= 15 is 0 Å². The zero-order valence-electron chi connectivity index (χ0n) is 17.7. The second-order valence-corrected chi connectivity index (χ2v) is 7.34. The number of amides is 2. The number of anilines is 1. The summed E-state index contributed by atoms with van der Waals surface area (Å²) in [6.45, 7) is 0.0145. The molecule has 0 saturated heterocycles. The van der Waals surface area contributed by atoms with E-state index in [9.17, 15) is 14.0 Å². The molecule has 7 nitrogen and oxygen atoms in total. The van der Waals surface area contributed by atoms with E-state index in [0.29, 0.717) is 28.7 Å². The molecule has 4 aromatic rings. The van der Waals surface area contributed by atoms with Gasteiger partial charge in [-0.2, -0.15) is 0 Å². The predicted molar refractivity (Wildman–Crippen MR) is 119 cm³/mol. The smallest absolute Gasteiger partial charge is 0.244 e. The third-order valence-electron chi connectivity index (χ3n) is 4.92. The first-order valence-corrected chi connectivity index (χ1v) is 10.4. The number of aryl methyl sites for hydroxylation is 1. The van der Waals surface area contributed by atoms with Crippen molar-refractivity contribution in [2.45, 2.75) is 19.4 Å². The van der Waals surface area contributed by atoms with Gasteiger partial charge in [-0.3, -0.25) is 9.59 Å². The van der Waals surface area contributed by atoms with Gasteiger partial charge in [-0.1, -0.05) is 30.3 Å². The fourth-order valence-electron chi connectivity index (χ4n) is 3.30. The summed E-state index contributed by atoms with van der Waals surface area (Å²) >= 11 is 0. The molecule has 0 fully saturated rings. The molecule has 0 spiro atoms. The van der Waals surface area contributed by atoms with Crippen molar-refractivity contribution in [3.05, 3.63) is 96.7 Å². The van der Waals surface area contributed by atoms with Crippen LogP contribution in [-0.4, -0.2) is 28.2 Å². The summed E-state index contributed by atoms with van der Waals surface area (Å²) in [5.41, 5.74) is 0.952. The maximum atomic E-state index is 14.0. The van der Waals surface area contributed by atoms with E-state index in [2.05, 4.69) is 10.3 Å². The molecule has 2 amide bonds. The van der Waals surface area contributed by atoms with Crippen LogP contribution in [0.15, 0.2) is 88.0 Å². The Labute approximate surface area is 189 Å². The largest absolute Gasteiger partial charge is 0.467 e. The van der Waals surface area contributed by atoms with Crippen LogP contribution in [0.1, 0.15) is 18.1 Å². The Morgan fingerprint density at radius 3 is 2.55 bits per heavy atom. The van der Waals surface area contributed by atoms with Crippen LogP contribution in [0.25, 0.3) is 11.3 Å². The van der Waals surface area contributed by atoms with Crippen LogP contribution in [0, 0.1) is 5.82 Å². The van der Waals surface area contributed by atoms with E-state index in [1.165, 1.54) is 23.4 Å². The fraction of sp³-hybridized carbons (Fsp3) is 0.160. The number of nitrogens with zero attached hydrogens (tertiary/aromatic N) is 2. The van der Waals surface area contributed by atoms with E-state index in [-0.39, 0.29) is 37.7 Å². The fourth-order valence-corrected chi connectivity index (χ4v) is 3.30. The highest BCUT2D eigenvalue weighted by molar-refractivity contribution is 5.94. The summed E-state index contributed by atoms with van der Waals surface area (Å²) in [7, 11) is 0. The summed E-state index contributed by atoms with van der Waals surface area (Å²) in [5, 5.41) is 2.78. The molecule has 4 rings (SSSR count). The van der Waals surface area contributed by atoms with Crippen LogP contribution < -0.4 is 5.32 Å². The van der Waals surface area contributed by atoms with Crippen molar-refractivity contribution in [3.63, 3.8) is 0 Å². The number of hydrogen-bond donors (Lipinski definition) is 1. The maximum absolute atomic E-state index is 14.0. The van der Waals surface area contributed by atoms with Gasteiger partial charge in [-0.15, -0.1) is 0 Å². The lowest BCUT2D eigenvalue weighted by Crippen LogP contribution is -2.37. The van der Waals surface area contributed by atoms with Gasteiger partial charge in [0.1, 0.15) is 18.1 Å². The quantitative estimate of drug-likeness (QED) is 0.403. The SMILES string of the molecule is O=C(CN(Cc1ccco1)C(=O)CCc1ncc(-c2ccccc2F)o1)Nc1ccccc1. The molecule has 0 unspecified atom stereocenters. The maximum Gasteiger partial charge on any atom is 0.244 e. The average molecular weight is 447 g/mol. The lowest BCUT2D eigenvalue weighted by atomic mass is 10.2. The van der Waals surface area contributed by atoms with Crippen molar-refractivity contribution in [2.75, 3.05) is 11.9 Å². The first-order chi connectivity index (χ1) is 16.1. The number of benzene rings is 2. The van der Waals surface area contributed by atoms with Crippen molar-refractivity contribution in [1.82, 2.24) is 9.88 Å². The van der Waals surface area contributed by atoms with Crippen molar-refractivity contribution >= 4 is 17.5 Å². The van der Waals surface area contributed by atoms with Gasteiger partial charge in [0.05, 0.1) is 24.6 Å². The molecule has 0 bridgehead atoms. The van der Waals surface area contributed by atoms with Gasteiger partial charge in [0.2, 0.25) is 11.8 Å². The van der Waals surface area contributed by atoms with Gasteiger partial charge in [-0.05, 0) is 36.4 Å². The number of nitrogens with one attached hydrogen (secondary N) is 1. The minimum Gasteiger partial charge on any atom is -0.467 e. The van der Waals surface area contributed by atoms with Gasteiger partial charge < -0.3 is 19.1 Å². The second-order valence-electron chi connectivity index (χ2n) is 7.34. The number of carbonyl (C=O) groups is 2. The Morgan fingerprint density at radius 2 is 1.79 bits per heavy atom. The standard InChI is InChI=1S/C25H22FN3O4/c26-21-11-5-4-10-20(21)22-15-27-24(33-22)12-13-25(31)29(16-19-9-6-14-32-19)17-23(30)28-18-7-2-1-3-8-18/h1-11,14-15H,12-13,16-17H2,(H,28,30). The predicted octanol–water partition coefficient (Wildman–Crippen LogP) is 4.67. The molecule has 168 valence electrons. The third-order valence-corrected chi connectivity index (χ3v) is 4.92. The van der Waals surface area contributed by atoms with Crippen molar-refractivity contribution in [2.24, 2.45) is 0 Å². The molecule has 2 aromatic heterocycles. The number of carbonyl (C=O) groups excluding carboxylic acids is 2. The van der Waals surface area contributed by atoms with Gasteiger partial charge in [-0.25, -0.2) is 9.37 Å². The van der Waals surface area contributed by atoms with Crippen LogP contribution in [-0.2, 0) is 22.6 Å². The molecule has 33 heavy (non-hydrogen) atoms. The van der Waals surface area contributed by atoms with E-state index in [0.717, 1.165) is 0 Å². The molecule has 0 saturated carbocycles. The zero-order valence-corrected chi connectivity index (χ0v) is 17.7. The highest BCUT2D eigenvalue weighted by atomic mass is 19.1. The normalized spacial score (nSPS) is 10.7. The Bertz CT molecular complexity index is 1210. The Hall–Kier alpha value is -4.20. The van der Waals surface area contributed by atoms with Gasteiger partial charge in [0.15, 0.2) is 11.7 Å². The van der Waals surface area contributed by atoms with Crippen LogP contribution in [0.4, 0.5) is 10.1 Å². The number of hydrogen-bond acceptors (Lipinski definition) is 5. The molecule has 8 heteroatoms. The lowest BCUT2D eigenvalue weighted by molar-refractivity contribution is -0.135. The number of aromatic nitrogens is 1. The average Bonchev–Trinajstić information content (AvgIpc) is 3.50.